The molecule has 1 aromatic carbocycles. The minimum Gasteiger partial charge on any atom is -0.355 e. The highest BCUT2D eigenvalue weighted by atomic mass is 35.5. The molecular formula is C18H24ClN3O. The Morgan fingerprint density at radius 3 is 2.78 bits per heavy atom. The lowest BCUT2D eigenvalue weighted by Crippen LogP contribution is -2.35. The molecule has 1 aromatic heterocycles. The second-order valence-electron chi connectivity index (χ2n) is 6.04. The first-order chi connectivity index (χ1) is 10.9. The number of pyridine rings is 1. The molecule has 2 rings (SSSR count). The second-order valence-corrected chi connectivity index (χ2v) is 6.40. The molecule has 4 nitrogen and oxygen atoms in total. The molecule has 0 unspecified atom stereocenters. The molecule has 1 N–H and O–H groups in total. The van der Waals surface area contributed by atoms with Crippen molar-refractivity contribution in [2.45, 2.75) is 33.7 Å². The van der Waals surface area contributed by atoms with E-state index in [1.54, 1.807) is 0 Å². The van der Waals surface area contributed by atoms with Crippen LogP contribution in [0.1, 0.15) is 30.0 Å². The summed E-state index contributed by atoms with van der Waals surface area (Å²) in [5, 5.41) is 4.46. The number of hydrogen-bond acceptors (Lipinski definition) is 3. The van der Waals surface area contributed by atoms with Crippen molar-refractivity contribution in [2.75, 3.05) is 20.1 Å². The van der Waals surface area contributed by atoms with E-state index in [1.165, 1.54) is 5.56 Å². The molecule has 0 spiro atoms. The second kappa shape index (κ2) is 7.75. The molecule has 0 aliphatic rings. The van der Waals surface area contributed by atoms with Gasteiger partial charge in [-0.05, 0) is 44.5 Å². The van der Waals surface area contributed by atoms with Crippen LogP contribution in [0, 0.1) is 13.8 Å². The molecule has 0 fully saturated rings. The van der Waals surface area contributed by atoms with Crippen LogP contribution in [0.4, 0.5) is 0 Å². The standard InChI is InChI=1S/C18H24ClN3O/c1-5-8-20-16(23)11-22(4)10-15-9-14-7-6-12(2)13(3)17(14)21-18(15)19/h6-7,9H,5,8,10-11H2,1-4H3,(H,20,23). The molecule has 2 aromatic rings. The van der Waals surface area contributed by atoms with Gasteiger partial charge in [-0.25, -0.2) is 4.98 Å². The van der Waals surface area contributed by atoms with Crippen molar-refractivity contribution in [3.8, 4) is 0 Å². The molecule has 0 radical (unpaired) electrons. The molecular weight excluding hydrogens is 310 g/mol. The summed E-state index contributed by atoms with van der Waals surface area (Å²) in [6.45, 7) is 7.82. The van der Waals surface area contributed by atoms with E-state index in [-0.39, 0.29) is 5.91 Å². The van der Waals surface area contributed by atoms with E-state index in [2.05, 4.69) is 42.3 Å². The van der Waals surface area contributed by atoms with Crippen LogP contribution >= 0.6 is 11.6 Å². The Morgan fingerprint density at radius 1 is 1.35 bits per heavy atom. The summed E-state index contributed by atoms with van der Waals surface area (Å²) in [4.78, 5) is 18.3. The van der Waals surface area contributed by atoms with Crippen LogP contribution in [0.3, 0.4) is 0 Å². The monoisotopic (exact) mass is 333 g/mol. The molecule has 0 saturated heterocycles. The zero-order chi connectivity index (χ0) is 17.0. The fourth-order valence-electron chi connectivity index (χ4n) is 2.53. The van der Waals surface area contributed by atoms with Crippen LogP contribution in [-0.4, -0.2) is 35.9 Å². The summed E-state index contributed by atoms with van der Waals surface area (Å²) in [6.07, 6.45) is 0.939. The number of rotatable bonds is 6. The number of benzene rings is 1. The van der Waals surface area contributed by atoms with Gasteiger partial charge in [-0.15, -0.1) is 0 Å². The van der Waals surface area contributed by atoms with E-state index in [9.17, 15) is 4.79 Å². The van der Waals surface area contributed by atoms with Crippen LogP contribution in [0.5, 0.6) is 0 Å². The highest BCUT2D eigenvalue weighted by Crippen LogP contribution is 2.25. The maximum absolute atomic E-state index is 11.8. The Balaban J connectivity index is 2.15. The number of halogens is 1. The van der Waals surface area contributed by atoms with E-state index in [0.717, 1.165) is 28.5 Å². The quantitative estimate of drug-likeness (QED) is 0.823. The molecule has 0 saturated carbocycles. The van der Waals surface area contributed by atoms with Crippen LogP contribution in [0.2, 0.25) is 5.15 Å². The highest BCUT2D eigenvalue weighted by Gasteiger charge is 2.12. The van der Waals surface area contributed by atoms with Gasteiger partial charge in [-0.2, -0.15) is 0 Å². The number of nitrogens with zero attached hydrogens (tertiary/aromatic N) is 2. The Labute approximate surface area is 142 Å². The third-order valence-corrected chi connectivity index (χ3v) is 4.29. The number of carbonyl (C=O) groups is 1. The maximum Gasteiger partial charge on any atom is 0.234 e. The van der Waals surface area contributed by atoms with Gasteiger partial charge >= 0.3 is 0 Å². The molecule has 5 heteroatoms. The van der Waals surface area contributed by atoms with Gasteiger partial charge in [0, 0.05) is 24.0 Å². The Hall–Kier alpha value is -1.65. The average Bonchev–Trinajstić information content (AvgIpc) is 2.50. The lowest BCUT2D eigenvalue weighted by molar-refractivity contribution is -0.122. The maximum atomic E-state index is 11.8. The molecule has 124 valence electrons. The molecule has 0 aliphatic carbocycles. The van der Waals surface area contributed by atoms with Crippen LogP contribution in [-0.2, 0) is 11.3 Å². The Bertz CT molecular complexity index is 715. The third-order valence-electron chi connectivity index (χ3n) is 3.96. The van der Waals surface area contributed by atoms with Gasteiger partial charge in [-0.3, -0.25) is 9.69 Å². The van der Waals surface area contributed by atoms with E-state index in [4.69, 9.17) is 11.6 Å². The summed E-state index contributed by atoms with van der Waals surface area (Å²) in [5.41, 5.74) is 4.25. The number of nitrogens with one attached hydrogen (secondary N) is 1. The summed E-state index contributed by atoms with van der Waals surface area (Å²) in [6, 6.07) is 6.23. The van der Waals surface area contributed by atoms with Gasteiger partial charge in [0.05, 0.1) is 12.1 Å². The van der Waals surface area contributed by atoms with Crippen LogP contribution in [0.15, 0.2) is 18.2 Å². The van der Waals surface area contributed by atoms with Crippen molar-refractivity contribution in [3.05, 3.63) is 40.0 Å². The number of carbonyl (C=O) groups excluding carboxylic acids is 1. The zero-order valence-corrected chi connectivity index (χ0v) is 15.0. The minimum absolute atomic E-state index is 0.0330. The normalized spacial score (nSPS) is 11.2. The highest BCUT2D eigenvalue weighted by molar-refractivity contribution is 6.30. The number of fused-ring (bicyclic) bond motifs is 1. The Morgan fingerprint density at radius 2 is 2.09 bits per heavy atom. The summed E-state index contributed by atoms with van der Waals surface area (Å²) >= 11 is 6.35. The van der Waals surface area contributed by atoms with Crippen molar-refractivity contribution >= 4 is 28.4 Å². The number of likely N-dealkylation sites (N-methyl/N-ethyl adjacent to an activating group) is 1. The SMILES string of the molecule is CCCNC(=O)CN(C)Cc1cc2ccc(C)c(C)c2nc1Cl. The van der Waals surface area contributed by atoms with E-state index >= 15 is 0 Å². The number of aromatic nitrogens is 1. The average molecular weight is 334 g/mol. The van der Waals surface area contributed by atoms with Crippen molar-refractivity contribution in [2.24, 2.45) is 0 Å². The lowest BCUT2D eigenvalue weighted by Gasteiger charge is -2.17. The van der Waals surface area contributed by atoms with Gasteiger partial charge in [0.1, 0.15) is 5.15 Å². The van der Waals surface area contributed by atoms with E-state index in [1.807, 2.05) is 18.9 Å². The number of amides is 1. The van der Waals surface area contributed by atoms with Crippen molar-refractivity contribution in [3.63, 3.8) is 0 Å². The predicted octanol–water partition coefficient (Wildman–Crippen LogP) is 3.46. The van der Waals surface area contributed by atoms with Crippen LogP contribution in [0.25, 0.3) is 10.9 Å². The Kier molecular flexibility index (Phi) is 5.97. The van der Waals surface area contributed by atoms with Gasteiger partial charge in [0.25, 0.3) is 0 Å². The van der Waals surface area contributed by atoms with Crippen molar-refractivity contribution in [1.29, 1.82) is 0 Å². The fraction of sp³-hybridized carbons (Fsp3) is 0.444. The predicted molar refractivity (Wildman–Crippen MR) is 95.9 cm³/mol. The summed E-state index contributed by atoms with van der Waals surface area (Å²) in [7, 11) is 1.91. The third kappa shape index (κ3) is 4.43. The fourth-order valence-corrected chi connectivity index (χ4v) is 2.73. The topological polar surface area (TPSA) is 45.2 Å². The lowest BCUT2D eigenvalue weighted by atomic mass is 10.0. The van der Waals surface area contributed by atoms with Gasteiger partial charge in [0.2, 0.25) is 5.91 Å². The number of aryl methyl sites for hydroxylation is 2. The molecule has 0 atom stereocenters. The van der Waals surface area contributed by atoms with Gasteiger partial charge < -0.3 is 5.32 Å². The first-order valence-corrected chi connectivity index (χ1v) is 8.30. The molecule has 1 amide bonds. The first kappa shape index (κ1) is 17.7. The molecule has 23 heavy (non-hydrogen) atoms. The van der Waals surface area contributed by atoms with Gasteiger partial charge in [-0.1, -0.05) is 30.7 Å². The zero-order valence-electron chi connectivity index (χ0n) is 14.2. The first-order valence-electron chi connectivity index (χ1n) is 7.93. The molecule has 1 heterocycles. The van der Waals surface area contributed by atoms with E-state index in [0.29, 0.717) is 24.8 Å². The summed E-state index contributed by atoms with van der Waals surface area (Å²) in [5.74, 6) is 0.0330. The smallest absolute Gasteiger partial charge is 0.234 e. The van der Waals surface area contributed by atoms with E-state index < -0.39 is 0 Å². The van der Waals surface area contributed by atoms with Crippen LogP contribution < -0.4 is 5.32 Å². The van der Waals surface area contributed by atoms with Gasteiger partial charge in [0.15, 0.2) is 0 Å². The largest absolute Gasteiger partial charge is 0.355 e. The summed E-state index contributed by atoms with van der Waals surface area (Å²) < 4.78 is 0. The van der Waals surface area contributed by atoms with Crippen molar-refractivity contribution < 1.29 is 4.79 Å². The number of hydrogen-bond donors (Lipinski definition) is 1. The van der Waals surface area contributed by atoms with Crippen molar-refractivity contribution in [1.82, 2.24) is 15.2 Å². The minimum atomic E-state index is 0.0330. The molecule has 0 bridgehead atoms. The molecule has 0 aliphatic heterocycles.